The summed E-state index contributed by atoms with van der Waals surface area (Å²) in [6.07, 6.45) is 0. The topological polar surface area (TPSA) is 75.4 Å². The quantitative estimate of drug-likeness (QED) is 0.576. The van der Waals surface area contributed by atoms with Crippen molar-refractivity contribution in [2.24, 2.45) is 0 Å². The molecule has 142 valence electrons. The molecule has 0 atom stereocenters. The van der Waals surface area contributed by atoms with E-state index in [1.54, 1.807) is 30.3 Å². The Kier molecular flexibility index (Phi) is 4.07. The molecule has 3 aromatic carbocycles. The maximum atomic E-state index is 13.5. The maximum Gasteiger partial charge on any atom is 0.298 e. The highest BCUT2D eigenvalue weighted by atomic mass is 32.2. The van der Waals surface area contributed by atoms with Gasteiger partial charge in [0.05, 0.1) is 4.90 Å². The monoisotopic (exact) mass is 393 g/mol. The summed E-state index contributed by atoms with van der Waals surface area (Å²) in [6, 6.07) is 18.4. The molecule has 7 heteroatoms. The Morgan fingerprint density at radius 2 is 1.61 bits per heavy atom. The molecule has 28 heavy (non-hydrogen) atoms. The lowest BCUT2D eigenvalue weighted by Gasteiger charge is -2.25. The van der Waals surface area contributed by atoms with Crippen LogP contribution in [0.2, 0.25) is 0 Å². The van der Waals surface area contributed by atoms with Crippen molar-refractivity contribution in [2.75, 3.05) is 31.1 Å². The Bertz CT molecular complexity index is 1270. The largest absolute Gasteiger partial charge is 0.422 e. The number of piperazine rings is 1. The molecule has 0 unspecified atom stereocenters. The lowest BCUT2D eigenvalue weighted by atomic mass is 10.1. The summed E-state index contributed by atoms with van der Waals surface area (Å²) in [4.78, 5) is 6.99. The molecule has 1 aliphatic rings. The minimum atomic E-state index is -3.77. The van der Waals surface area contributed by atoms with Crippen LogP contribution in [0.1, 0.15) is 0 Å². The molecule has 0 aliphatic carbocycles. The van der Waals surface area contributed by atoms with Crippen LogP contribution in [0, 0.1) is 0 Å². The number of oxazole rings is 1. The fraction of sp³-hybridized carbons (Fsp3) is 0.190. The third-order valence-electron chi connectivity index (χ3n) is 5.08. The summed E-state index contributed by atoms with van der Waals surface area (Å²) in [6.45, 7) is 3.25. The van der Waals surface area contributed by atoms with Gasteiger partial charge in [0, 0.05) is 31.6 Å². The van der Waals surface area contributed by atoms with Gasteiger partial charge in [0.25, 0.3) is 6.01 Å². The smallest absolute Gasteiger partial charge is 0.298 e. The minimum Gasteiger partial charge on any atom is -0.422 e. The van der Waals surface area contributed by atoms with E-state index in [0.717, 1.165) is 31.6 Å². The third kappa shape index (κ3) is 2.75. The van der Waals surface area contributed by atoms with E-state index in [1.165, 1.54) is 0 Å². The Morgan fingerprint density at radius 3 is 2.46 bits per heavy atom. The zero-order chi connectivity index (χ0) is 19.1. The standard InChI is InChI=1S/C21H19N3O3S/c25-28(26,18-9-3-6-15-5-1-2-7-16(15)18)19-10-4-8-17-20(19)27-21(23-17)24-13-11-22-12-14-24/h1-10,22H,11-14H2. The number of sulfone groups is 1. The molecule has 4 aromatic rings. The lowest BCUT2D eigenvalue weighted by Crippen LogP contribution is -2.43. The SMILES string of the molecule is O=S(=O)(c1cccc2ccccc12)c1cccc2nc(N3CCNCC3)oc12. The number of nitrogens with one attached hydrogen (secondary N) is 1. The van der Waals surface area contributed by atoms with Crippen LogP contribution in [0.3, 0.4) is 0 Å². The zero-order valence-electron chi connectivity index (χ0n) is 15.1. The van der Waals surface area contributed by atoms with E-state index in [-0.39, 0.29) is 9.79 Å². The van der Waals surface area contributed by atoms with E-state index in [9.17, 15) is 8.42 Å². The van der Waals surface area contributed by atoms with Crippen LogP contribution in [0.5, 0.6) is 0 Å². The number of rotatable bonds is 3. The number of para-hydroxylation sites is 1. The molecule has 6 nitrogen and oxygen atoms in total. The Hall–Kier alpha value is -2.90. The number of anilines is 1. The van der Waals surface area contributed by atoms with E-state index in [0.29, 0.717) is 22.5 Å². The predicted molar refractivity (Wildman–Crippen MR) is 108 cm³/mol. The van der Waals surface area contributed by atoms with E-state index in [2.05, 4.69) is 10.3 Å². The third-order valence-corrected chi connectivity index (χ3v) is 6.92. The number of hydrogen-bond acceptors (Lipinski definition) is 6. The van der Waals surface area contributed by atoms with Crippen molar-refractivity contribution in [3.05, 3.63) is 60.7 Å². The van der Waals surface area contributed by atoms with Crippen molar-refractivity contribution in [3.8, 4) is 0 Å². The van der Waals surface area contributed by atoms with Gasteiger partial charge in [0.15, 0.2) is 5.58 Å². The van der Waals surface area contributed by atoms with Crippen molar-refractivity contribution in [1.82, 2.24) is 10.3 Å². The number of nitrogens with zero attached hydrogens (tertiary/aromatic N) is 2. The van der Waals surface area contributed by atoms with Gasteiger partial charge in [-0.25, -0.2) is 8.42 Å². The van der Waals surface area contributed by atoms with Crippen molar-refractivity contribution >= 4 is 37.7 Å². The molecule has 2 heterocycles. The normalized spacial score (nSPS) is 15.4. The van der Waals surface area contributed by atoms with Crippen LogP contribution in [-0.2, 0) is 9.84 Å². The van der Waals surface area contributed by atoms with Gasteiger partial charge in [-0.15, -0.1) is 0 Å². The molecule has 1 aromatic heterocycles. The summed E-state index contributed by atoms with van der Waals surface area (Å²) in [5.41, 5.74) is 0.860. The molecule has 1 fully saturated rings. The molecule has 1 aliphatic heterocycles. The average molecular weight is 393 g/mol. The molecule has 0 radical (unpaired) electrons. The molecule has 0 spiro atoms. The van der Waals surface area contributed by atoms with Crippen LogP contribution in [0.4, 0.5) is 6.01 Å². The van der Waals surface area contributed by atoms with E-state index < -0.39 is 9.84 Å². The Morgan fingerprint density at radius 1 is 0.893 bits per heavy atom. The van der Waals surface area contributed by atoms with Gasteiger partial charge in [0.2, 0.25) is 9.84 Å². The molecule has 0 saturated carbocycles. The second-order valence-electron chi connectivity index (χ2n) is 6.82. The van der Waals surface area contributed by atoms with Crippen molar-refractivity contribution in [3.63, 3.8) is 0 Å². The van der Waals surface area contributed by atoms with Crippen molar-refractivity contribution in [1.29, 1.82) is 0 Å². The number of benzene rings is 3. The molecular formula is C21H19N3O3S. The fourth-order valence-electron chi connectivity index (χ4n) is 3.66. The van der Waals surface area contributed by atoms with Crippen molar-refractivity contribution in [2.45, 2.75) is 9.79 Å². The molecule has 0 amide bonds. The highest BCUT2D eigenvalue weighted by molar-refractivity contribution is 7.92. The first kappa shape index (κ1) is 17.2. The van der Waals surface area contributed by atoms with Gasteiger partial charge in [-0.2, -0.15) is 4.98 Å². The number of fused-ring (bicyclic) bond motifs is 2. The van der Waals surface area contributed by atoms with Gasteiger partial charge in [-0.1, -0.05) is 42.5 Å². The molecule has 5 rings (SSSR count). The van der Waals surface area contributed by atoms with Crippen LogP contribution in [0.25, 0.3) is 21.9 Å². The van der Waals surface area contributed by atoms with Crippen LogP contribution >= 0.6 is 0 Å². The second-order valence-corrected chi connectivity index (χ2v) is 8.71. The van der Waals surface area contributed by atoms with Gasteiger partial charge in [-0.3, -0.25) is 0 Å². The van der Waals surface area contributed by atoms with E-state index >= 15 is 0 Å². The fourth-order valence-corrected chi connectivity index (χ4v) is 5.28. The first-order chi connectivity index (χ1) is 13.6. The molecule has 1 N–H and O–H groups in total. The first-order valence-corrected chi connectivity index (χ1v) is 10.7. The van der Waals surface area contributed by atoms with Crippen LogP contribution in [0.15, 0.2) is 74.9 Å². The highest BCUT2D eigenvalue weighted by Gasteiger charge is 2.26. The lowest BCUT2D eigenvalue weighted by molar-refractivity contribution is 0.514. The summed E-state index contributed by atoms with van der Waals surface area (Å²) in [5, 5.41) is 4.87. The number of aromatic nitrogens is 1. The predicted octanol–water partition coefficient (Wildman–Crippen LogP) is 3.22. The highest BCUT2D eigenvalue weighted by Crippen LogP contribution is 2.34. The Labute approximate surface area is 162 Å². The van der Waals surface area contributed by atoms with Crippen LogP contribution in [-0.4, -0.2) is 39.6 Å². The van der Waals surface area contributed by atoms with E-state index in [4.69, 9.17) is 4.42 Å². The van der Waals surface area contributed by atoms with Gasteiger partial charge >= 0.3 is 0 Å². The molecule has 0 bridgehead atoms. The first-order valence-electron chi connectivity index (χ1n) is 9.23. The van der Waals surface area contributed by atoms with Gasteiger partial charge in [-0.05, 0) is 23.6 Å². The average Bonchev–Trinajstić information content (AvgIpc) is 3.18. The maximum absolute atomic E-state index is 13.5. The van der Waals surface area contributed by atoms with Crippen molar-refractivity contribution < 1.29 is 12.8 Å². The summed E-state index contributed by atoms with van der Waals surface area (Å²) in [7, 11) is -3.77. The van der Waals surface area contributed by atoms with Gasteiger partial charge in [0.1, 0.15) is 10.4 Å². The molecule has 1 saturated heterocycles. The second kappa shape index (κ2) is 6.61. The molecular weight excluding hydrogens is 374 g/mol. The Balaban J connectivity index is 1.68. The van der Waals surface area contributed by atoms with Gasteiger partial charge < -0.3 is 14.6 Å². The van der Waals surface area contributed by atoms with E-state index in [1.807, 2.05) is 35.2 Å². The minimum absolute atomic E-state index is 0.148. The summed E-state index contributed by atoms with van der Waals surface area (Å²) >= 11 is 0. The van der Waals surface area contributed by atoms with Crippen LogP contribution < -0.4 is 10.2 Å². The summed E-state index contributed by atoms with van der Waals surface area (Å²) < 4.78 is 33.0. The summed E-state index contributed by atoms with van der Waals surface area (Å²) in [5.74, 6) is 0. The number of hydrogen-bond donors (Lipinski definition) is 1. The zero-order valence-corrected chi connectivity index (χ0v) is 15.9.